The normalized spacial score (nSPS) is 19.4. The molecule has 92 valence electrons. The molecule has 0 saturated carbocycles. The number of carboxylic acids is 1. The zero-order valence-corrected chi connectivity index (χ0v) is 10.1. The molecule has 2 rings (SSSR count). The van der Waals surface area contributed by atoms with Gasteiger partial charge in [-0.05, 0) is 25.1 Å². The second kappa shape index (κ2) is 4.47. The number of benzene rings is 1. The van der Waals surface area contributed by atoms with E-state index in [0.29, 0.717) is 13.2 Å². The number of ether oxygens (including phenoxy) is 1. The number of hydrogen-bond donors (Lipinski definition) is 2. The molecule has 4 nitrogen and oxygen atoms in total. The predicted molar refractivity (Wildman–Crippen MR) is 64.0 cm³/mol. The Bertz CT molecular complexity index is 404. The maximum absolute atomic E-state index is 10.9. The second-order valence-electron chi connectivity index (χ2n) is 4.51. The fourth-order valence-corrected chi connectivity index (χ4v) is 1.99. The van der Waals surface area contributed by atoms with Gasteiger partial charge in [-0.3, -0.25) is 4.79 Å². The van der Waals surface area contributed by atoms with Gasteiger partial charge in [-0.2, -0.15) is 0 Å². The van der Waals surface area contributed by atoms with Crippen LogP contribution in [0.5, 0.6) is 0 Å². The van der Waals surface area contributed by atoms with Gasteiger partial charge in [0, 0.05) is 0 Å². The summed E-state index contributed by atoms with van der Waals surface area (Å²) in [4.78, 5) is 10.9. The van der Waals surface area contributed by atoms with Crippen LogP contribution in [-0.4, -0.2) is 31.3 Å². The topological polar surface area (TPSA) is 58.6 Å². The quantitative estimate of drug-likeness (QED) is 0.826. The average Bonchev–Trinajstić information content (AvgIpc) is 2.28. The first-order valence-corrected chi connectivity index (χ1v) is 5.69. The SMILES string of the molecule is CNC1(c2ccc(C(C)C(=O)O)cc2)COC1. The monoisotopic (exact) mass is 235 g/mol. The average molecular weight is 235 g/mol. The second-order valence-corrected chi connectivity index (χ2v) is 4.51. The Morgan fingerprint density at radius 3 is 2.35 bits per heavy atom. The summed E-state index contributed by atoms with van der Waals surface area (Å²) in [5.74, 6) is -1.26. The van der Waals surface area contributed by atoms with Gasteiger partial charge in [-0.1, -0.05) is 24.3 Å². The molecule has 1 saturated heterocycles. The number of nitrogens with one attached hydrogen (secondary N) is 1. The molecule has 0 spiro atoms. The lowest BCUT2D eigenvalue weighted by atomic mass is 9.86. The van der Waals surface area contributed by atoms with Crippen LogP contribution in [0, 0.1) is 0 Å². The van der Waals surface area contributed by atoms with Gasteiger partial charge in [0.2, 0.25) is 0 Å². The Balaban J connectivity index is 2.21. The Hall–Kier alpha value is -1.39. The lowest BCUT2D eigenvalue weighted by Crippen LogP contribution is -2.56. The van der Waals surface area contributed by atoms with E-state index in [9.17, 15) is 4.79 Å². The molecule has 1 unspecified atom stereocenters. The highest BCUT2D eigenvalue weighted by Crippen LogP contribution is 2.30. The van der Waals surface area contributed by atoms with Gasteiger partial charge in [0.15, 0.2) is 0 Å². The Morgan fingerprint density at radius 1 is 1.41 bits per heavy atom. The molecule has 1 aliphatic rings. The number of aliphatic carboxylic acids is 1. The highest BCUT2D eigenvalue weighted by Gasteiger charge is 2.38. The van der Waals surface area contributed by atoms with E-state index in [2.05, 4.69) is 5.32 Å². The van der Waals surface area contributed by atoms with E-state index in [-0.39, 0.29) is 5.54 Å². The summed E-state index contributed by atoms with van der Waals surface area (Å²) in [5.41, 5.74) is 1.88. The van der Waals surface area contributed by atoms with E-state index in [1.807, 2.05) is 31.3 Å². The molecule has 0 bridgehead atoms. The van der Waals surface area contributed by atoms with Gasteiger partial charge in [0.25, 0.3) is 0 Å². The number of carbonyl (C=O) groups is 1. The molecule has 0 aromatic heterocycles. The van der Waals surface area contributed by atoms with Gasteiger partial charge in [-0.15, -0.1) is 0 Å². The van der Waals surface area contributed by atoms with Crippen LogP contribution in [0.4, 0.5) is 0 Å². The zero-order valence-electron chi connectivity index (χ0n) is 10.1. The van der Waals surface area contributed by atoms with E-state index >= 15 is 0 Å². The van der Waals surface area contributed by atoms with Crippen LogP contribution in [0.2, 0.25) is 0 Å². The largest absolute Gasteiger partial charge is 0.481 e. The minimum absolute atomic E-state index is 0.0923. The Morgan fingerprint density at radius 2 is 2.00 bits per heavy atom. The lowest BCUT2D eigenvalue weighted by Gasteiger charge is -2.41. The molecule has 17 heavy (non-hydrogen) atoms. The molecular formula is C13H17NO3. The molecule has 1 aliphatic heterocycles. The summed E-state index contributed by atoms with van der Waals surface area (Å²) in [6, 6.07) is 7.72. The predicted octanol–water partition coefficient (Wildman–Crippen LogP) is 1.32. The third-order valence-corrected chi connectivity index (χ3v) is 3.51. The molecular weight excluding hydrogens is 218 g/mol. The van der Waals surface area contributed by atoms with Crippen molar-refractivity contribution in [3.05, 3.63) is 35.4 Å². The van der Waals surface area contributed by atoms with Crippen molar-refractivity contribution in [1.82, 2.24) is 5.32 Å². The van der Waals surface area contributed by atoms with Crippen molar-refractivity contribution in [2.45, 2.75) is 18.4 Å². The number of likely N-dealkylation sites (N-methyl/N-ethyl adjacent to an activating group) is 1. The Labute approximate surface area is 101 Å². The number of hydrogen-bond acceptors (Lipinski definition) is 3. The van der Waals surface area contributed by atoms with Gasteiger partial charge in [0.1, 0.15) is 0 Å². The van der Waals surface area contributed by atoms with Crippen LogP contribution >= 0.6 is 0 Å². The first-order valence-electron chi connectivity index (χ1n) is 5.69. The van der Waals surface area contributed by atoms with E-state index in [4.69, 9.17) is 9.84 Å². The summed E-state index contributed by atoms with van der Waals surface area (Å²) in [6.07, 6.45) is 0. The first-order chi connectivity index (χ1) is 8.09. The van der Waals surface area contributed by atoms with Gasteiger partial charge < -0.3 is 15.2 Å². The van der Waals surface area contributed by atoms with Gasteiger partial charge in [0.05, 0.1) is 24.7 Å². The third-order valence-electron chi connectivity index (χ3n) is 3.51. The molecule has 1 heterocycles. The molecule has 1 atom stereocenters. The van der Waals surface area contributed by atoms with Crippen molar-refractivity contribution in [3.63, 3.8) is 0 Å². The van der Waals surface area contributed by atoms with E-state index in [1.54, 1.807) is 6.92 Å². The van der Waals surface area contributed by atoms with E-state index in [0.717, 1.165) is 11.1 Å². The van der Waals surface area contributed by atoms with Crippen LogP contribution in [0.3, 0.4) is 0 Å². The van der Waals surface area contributed by atoms with Crippen LogP contribution in [0.25, 0.3) is 0 Å². The molecule has 0 amide bonds. The van der Waals surface area contributed by atoms with Crippen LogP contribution in [0.1, 0.15) is 24.0 Å². The molecule has 4 heteroatoms. The highest BCUT2D eigenvalue weighted by molar-refractivity contribution is 5.75. The molecule has 0 radical (unpaired) electrons. The van der Waals surface area contributed by atoms with Crippen molar-refractivity contribution in [2.75, 3.05) is 20.3 Å². The van der Waals surface area contributed by atoms with Gasteiger partial charge in [-0.25, -0.2) is 0 Å². The minimum Gasteiger partial charge on any atom is -0.481 e. The van der Waals surface area contributed by atoms with E-state index in [1.165, 1.54) is 0 Å². The van der Waals surface area contributed by atoms with Crippen LogP contribution < -0.4 is 5.32 Å². The lowest BCUT2D eigenvalue weighted by molar-refractivity contribution is -0.138. The number of rotatable bonds is 4. The van der Waals surface area contributed by atoms with E-state index < -0.39 is 11.9 Å². The molecule has 0 aliphatic carbocycles. The standard InChI is InChI=1S/C13H17NO3/c1-9(12(15)16)10-3-5-11(6-4-10)13(14-2)7-17-8-13/h3-6,9,14H,7-8H2,1-2H3,(H,15,16). The van der Waals surface area contributed by atoms with Gasteiger partial charge >= 0.3 is 5.97 Å². The fourth-order valence-electron chi connectivity index (χ4n) is 1.99. The fraction of sp³-hybridized carbons (Fsp3) is 0.462. The smallest absolute Gasteiger partial charge is 0.310 e. The van der Waals surface area contributed by atoms with Crippen molar-refractivity contribution >= 4 is 5.97 Å². The molecule has 1 aromatic rings. The molecule has 2 N–H and O–H groups in total. The third kappa shape index (κ3) is 2.06. The van der Waals surface area contributed by atoms with Crippen LogP contribution in [0.15, 0.2) is 24.3 Å². The first kappa shape index (κ1) is 12.1. The summed E-state index contributed by atoms with van der Waals surface area (Å²) >= 11 is 0. The van der Waals surface area contributed by atoms with Crippen LogP contribution in [-0.2, 0) is 15.1 Å². The summed E-state index contributed by atoms with van der Waals surface area (Å²) in [7, 11) is 1.91. The Kier molecular flexibility index (Phi) is 3.17. The van der Waals surface area contributed by atoms with Crippen molar-refractivity contribution in [3.8, 4) is 0 Å². The highest BCUT2D eigenvalue weighted by atomic mass is 16.5. The summed E-state index contributed by atoms with van der Waals surface area (Å²) in [5, 5.41) is 12.2. The summed E-state index contributed by atoms with van der Waals surface area (Å²) < 4.78 is 5.24. The number of carboxylic acid groups (broad SMARTS) is 1. The maximum atomic E-state index is 10.9. The van der Waals surface area contributed by atoms with Crippen molar-refractivity contribution in [2.24, 2.45) is 0 Å². The zero-order chi connectivity index (χ0) is 12.5. The molecule has 1 aromatic carbocycles. The maximum Gasteiger partial charge on any atom is 0.310 e. The minimum atomic E-state index is -0.798. The van der Waals surface area contributed by atoms with Crippen molar-refractivity contribution < 1.29 is 14.6 Å². The van der Waals surface area contributed by atoms with Crippen molar-refractivity contribution in [1.29, 1.82) is 0 Å². The molecule has 1 fully saturated rings. The summed E-state index contributed by atoms with van der Waals surface area (Å²) in [6.45, 7) is 3.02.